The Morgan fingerprint density at radius 2 is 1.84 bits per heavy atom. The fourth-order valence-corrected chi connectivity index (χ4v) is 2.42. The lowest BCUT2D eigenvalue weighted by atomic mass is 10.2. The zero-order valence-electron chi connectivity index (χ0n) is 17.8. The quantitative estimate of drug-likeness (QED) is 0.274. The van der Waals surface area contributed by atoms with Gasteiger partial charge in [0.05, 0.1) is 18.8 Å². The third-order valence-electron chi connectivity index (χ3n) is 4.22. The van der Waals surface area contributed by atoms with Gasteiger partial charge in [0, 0.05) is 27.2 Å². The molecular weight excluding hydrogens is 400 g/mol. The largest absolute Gasteiger partial charge is 0.472 e. The first kappa shape index (κ1) is 23.3. The Morgan fingerprint density at radius 3 is 2.55 bits per heavy atom. The Morgan fingerprint density at radius 1 is 1.06 bits per heavy atom. The average molecular weight is 431 g/mol. The predicted molar refractivity (Wildman–Crippen MR) is 122 cm³/mol. The van der Waals surface area contributed by atoms with E-state index in [2.05, 4.69) is 25.3 Å². The highest BCUT2D eigenvalue weighted by atomic mass is 16.3. The SMILES string of the molecule is CN=C(N)N=C(N)N(C)CCc1coc(CN=C(N)NC(N)=NCCc2ccoc2)c1. The molecule has 0 saturated heterocycles. The second-order valence-electron chi connectivity index (χ2n) is 6.62. The first-order valence-electron chi connectivity index (χ1n) is 9.59. The maximum absolute atomic E-state index is 5.87. The minimum absolute atomic E-state index is 0.127. The summed E-state index contributed by atoms with van der Waals surface area (Å²) in [5.41, 5.74) is 25.1. The lowest BCUT2D eigenvalue weighted by molar-refractivity contribution is 0.493. The molecule has 12 heteroatoms. The third kappa shape index (κ3) is 8.51. The smallest absolute Gasteiger partial charge is 0.218 e. The van der Waals surface area contributed by atoms with Gasteiger partial charge in [0.25, 0.3) is 0 Å². The van der Waals surface area contributed by atoms with Gasteiger partial charge in [-0.3, -0.25) is 15.3 Å². The van der Waals surface area contributed by atoms with Gasteiger partial charge in [-0.15, -0.1) is 0 Å². The summed E-state index contributed by atoms with van der Waals surface area (Å²) in [6.07, 6.45) is 6.38. The Kier molecular flexibility index (Phi) is 8.95. The van der Waals surface area contributed by atoms with Crippen LogP contribution in [-0.4, -0.2) is 55.9 Å². The van der Waals surface area contributed by atoms with Crippen LogP contribution < -0.4 is 28.3 Å². The van der Waals surface area contributed by atoms with Crippen molar-refractivity contribution >= 4 is 23.8 Å². The van der Waals surface area contributed by atoms with Crippen LogP contribution >= 0.6 is 0 Å². The number of nitrogens with two attached hydrogens (primary N) is 4. The molecule has 0 aliphatic rings. The summed E-state index contributed by atoms with van der Waals surface area (Å²) in [6.45, 7) is 1.41. The van der Waals surface area contributed by atoms with E-state index in [1.165, 1.54) is 0 Å². The van der Waals surface area contributed by atoms with Crippen LogP contribution in [0.1, 0.15) is 16.9 Å². The molecule has 0 radical (unpaired) electrons. The third-order valence-corrected chi connectivity index (χ3v) is 4.22. The lowest BCUT2D eigenvalue weighted by Gasteiger charge is -2.17. The van der Waals surface area contributed by atoms with Gasteiger partial charge in [0.15, 0.2) is 17.9 Å². The summed E-state index contributed by atoms with van der Waals surface area (Å²) in [6, 6.07) is 3.78. The van der Waals surface area contributed by atoms with Gasteiger partial charge in [-0.2, -0.15) is 4.99 Å². The Labute approximate surface area is 180 Å². The van der Waals surface area contributed by atoms with Crippen LogP contribution in [0.4, 0.5) is 0 Å². The monoisotopic (exact) mass is 430 g/mol. The van der Waals surface area contributed by atoms with E-state index in [1.54, 1.807) is 30.7 Å². The molecule has 9 N–H and O–H groups in total. The number of aliphatic imine (C=N–C) groups is 4. The molecule has 12 nitrogen and oxygen atoms in total. The lowest BCUT2D eigenvalue weighted by Crippen LogP contribution is -2.41. The number of guanidine groups is 4. The molecule has 0 fully saturated rings. The van der Waals surface area contributed by atoms with Gasteiger partial charge in [-0.05, 0) is 36.1 Å². The van der Waals surface area contributed by atoms with Crippen LogP contribution in [0.15, 0.2) is 59.7 Å². The molecule has 2 rings (SSSR count). The Hall–Kier alpha value is -3.96. The minimum atomic E-state index is 0.127. The van der Waals surface area contributed by atoms with Crippen molar-refractivity contribution in [2.45, 2.75) is 19.4 Å². The van der Waals surface area contributed by atoms with E-state index in [0.29, 0.717) is 31.2 Å². The van der Waals surface area contributed by atoms with E-state index in [1.807, 2.05) is 19.2 Å². The second kappa shape index (κ2) is 11.9. The molecule has 0 aliphatic heterocycles. The van der Waals surface area contributed by atoms with Crippen LogP contribution in [0.2, 0.25) is 0 Å². The Balaban J connectivity index is 1.77. The maximum atomic E-state index is 5.87. The topological polar surface area (TPSA) is 195 Å². The fourth-order valence-electron chi connectivity index (χ4n) is 2.42. The molecule has 0 aromatic carbocycles. The van der Waals surface area contributed by atoms with Gasteiger partial charge in [-0.25, -0.2) is 4.99 Å². The van der Waals surface area contributed by atoms with Crippen LogP contribution in [0.3, 0.4) is 0 Å². The standard InChI is InChI=1S/C19H30N10O2/c1-24-16(20)28-19(23)29(2)7-4-14-9-15(31-12-14)10-26-18(22)27-17(21)25-6-3-13-5-8-30-11-13/h5,8-9,11-12H,3-4,6-7,10H2,1-2H3,(H4,20,23,24,28)(H5,21,22,25,26,27). The zero-order valence-corrected chi connectivity index (χ0v) is 17.8. The van der Waals surface area contributed by atoms with E-state index in [0.717, 1.165) is 17.5 Å². The van der Waals surface area contributed by atoms with Crippen molar-refractivity contribution in [1.29, 1.82) is 0 Å². The normalized spacial score (nSPS) is 13.5. The van der Waals surface area contributed by atoms with Crippen molar-refractivity contribution in [1.82, 2.24) is 10.2 Å². The minimum Gasteiger partial charge on any atom is -0.472 e. The summed E-state index contributed by atoms with van der Waals surface area (Å²) in [5, 5.41) is 2.75. The van der Waals surface area contributed by atoms with Crippen molar-refractivity contribution in [3.63, 3.8) is 0 Å². The molecule has 0 saturated carbocycles. The van der Waals surface area contributed by atoms with Crippen molar-refractivity contribution in [3.8, 4) is 0 Å². The highest BCUT2D eigenvalue weighted by Crippen LogP contribution is 2.10. The molecule has 2 aromatic rings. The summed E-state index contributed by atoms with van der Waals surface area (Å²) < 4.78 is 10.5. The molecule has 31 heavy (non-hydrogen) atoms. The number of nitrogens with zero attached hydrogens (tertiary/aromatic N) is 5. The summed E-state index contributed by atoms with van der Waals surface area (Å²) >= 11 is 0. The molecular formula is C19H30N10O2. The highest BCUT2D eigenvalue weighted by Gasteiger charge is 2.06. The van der Waals surface area contributed by atoms with Gasteiger partial charge in [0.2, 0.25) is 5.96 Å². The number of rotatable bonds is 8. The molecule has 0 bridgehead atoms. The fraction of sp³-hybridized carbons (Fsp3) is 0.368. The summed E-state index contributed by atoms with van der Waals surface area (Å²) in [5.74, 6) is 1.44. The van der Waals surface area contributed by atoms with Gasteiger partial charge >= 0.3 is 0 Å². The first-order valence-corrected chi connectivity index (χ1v) is 9.59. The molecule has 2 aromatic heterocycles. The van der Waals surface area contributed by atoms with Crippen molar-refractivity contribution in [3.05, 3.63) is 47.8 Å². The molecule has 0 amide bonds. The van der Waals surface area contributed by atoms with Gasteiger partial charge < -0.3 is 36.7 Å². The molecule has 0 aliphatic carbocycles. The van der Waals surface area contributed by atoms with Crippen LogP contribution in [-0.2, 0) is 19.4 Å². The van der Waals surface area contributed by atoms with Gasteiger partial charge in [0.1, 0.15) is 12.3 Å². The molecule has 0 atom stereocenters. The average Bonchev–Trinajstić information content (AvgIpc) is 3.42. The molecule has 168 valence electrons. The van der Waals surface area contributed by atoms with Crippen molar-refractivity contribution < 1.29 is 8.83 Å². The summed E-state index contributed by atoms with van der Waals surface area (Å²) in [4.78, 5) is 17.9. The van der Waals surface area contributed by atoms with E-state index in [9.17, 15) is 0 Å². The van der Waals surface area contributed by atoms with Crippen molar-refractivity contribution in [2.75, 3.05) is 27.2 Å². The van der Waals surface area contributed by atoms with Gasteiger partial charge in [-0.1, -0.05) is 0 Å². The molecule has 2 heterocycles. The number of nitrogens with one attached hydrogen (secondary N) is 1. The van der Waals surface area contributed by atoms with E-state index in [-0.39, 0.29) is 24.4 Å². The number of likely N-dealkylation sites (N-methyl/N-ethyl adjacent to an activating group) is 1. The van der Waals surface area contributed by atoms with Crippen molar-refractivity contribution in [2.24, 2.45) is 42.9 Å². The summed E-state index contributed by atoms with van der Waals surface area (Å²) in [7, 11) is 3.37. The second-order valence-corrected chi connectivity index (χ2v) is 6.62. The van der Waals surface area contributed by atoms with Crippen LogP contribution in [0.25, 0.3) is 0 Å². The molecule has 0 spiro atoms. The number of hydrogen-bond acceptors (Lipinski definition) is 5. The van der Waals surface area contributed by atoms with E-state index in [4.69, 9.17) is 31.8 Å². The highest BCUT2D eigenvalue weighted by molar-refractivity contribution is 5.97. The van der Waals surface area contributed by atoms with E-state index < -0.39 is 0 Å². The van der Waals surface area contributed by atoms with Crippen LogP contribution in [0.5, 0.6) is 0 Å². The number of hydrogen-bond donors (Lipinski definition) is 5. The van der Waals surface area contributed by atoms with E-state index >= 15 is 0 Å². The van der Waals surface area contributed by atoms with Crippen LogP contribution in [0, 0.1) is 0 Å². The Bertz CT molecular complexity index is 927. The number of furan rings is 2. The predicted octanol–water partition coefficient (Wildman–Crippen LogP) is -0.432. The molecule has 0 unspecified atom stereocenters. The zero-order chi connectivity index (χ0) is 22.6. The maximum Gasteiger partial charge on any atom is 0.218 e. The first-order chi connectivity index (χ1) is 14.9.